The van der Waals surface area contributed by atoms with Gasteiger partial charge in [-0.1, -0.05) is 12.1 Å². The zero-order valence-electron chi connectivity index (χ0n) is 10.7. The Morgan fingerprint density at radius 1 is 1.33 bits per heavy atom. The van der Waals surface area contributed by atoms with E-state index in [4.69, 9.17) is 0 Å². The summed E-state index contributed by atoms with van der Waals surface area (Å²) in [4.78, 5) is 4.23. The molecule has 0 aliphatic heterocycles. The monoisotopic (exact) mass is 249 g/mol. The lowest BCUT2D eigenvalue weighted by Crippen LogP contribution is -2.27. The van der Waals surface area contributed by atoms with Gasteiger partial charge in [0, 0.05) is 0 Å². The number of benzene rings is 1. The predicted molar refractivity (Wildman–Crippen MR) is 66.5 cm³/mol. The third-order valence-corrected chi connectivity index (χ3v) is 2.43. The molecule has 0 bridgehead atoms. The minimum absolute atomic E-state index is 0.261. The molecule has 18 heavy (non-hydrogen) atoms. The lowest BCUT2D eigenvalue weighted by Gasteiger charge is -2.18. The van der Waals surface area contributed by atoms with Gasteiger partial charge in [0.2, 0.25) is 0 Å². The van der Waals surface area contributed by atoms with Gasteiger partial charge in [-0.05, 0) is 32.9 Å². The van der Waals surface area contributed by atoms with E-state index in [0.717, 1.165) is 0 Å². The van der Waals surface area contributed by atoms with Crippen LogP contribution in [0.2, 0.25) is 0 Å². The van der Waals surface area contributed by atoms with E-state index >= 15 is 0 Å². The zero-order chi connectivity index (χ0) is 13.3. The van der Waals surface area contributed by atoms with Crippen molar-refractivity contribution in [1.82, 2.24) is 14.8 Å². The van der Waals surface area contributed by atoms with E-state index in [1.807, 2.05) is 0 Å². The first-order chi connectivity index (χ1) is 8.37. The molecule has 96 valence electrons. The summed E-state index contributed by atoms with van der Waals surface area (Å²) in [7, 11) is 0. The Morgan fingerprint density at radius 3 is 2.61 bits per heavy atom. The molecule has 0 saturated carbocycles. The molecular formula is C13H16FN3O. The normalized spacial score (nSPS) is 11.8. The smallest absolute Gasteiger partial charge is 0.161 e. The van der Waals surface area contributed by atoms with Crippen LogP contribution in [0.3, 0.4) is 0 Å². The van der Waals surface area contributed by atoms with E-state index in [1.54, 1.807) is 39.0 Å². The van der Waals surface area contributed by atoms with Gasteiger partial charge in [-0.25, -0.2) is 14.1 Å². The summed E-state index contributed by atoms with van der Waals surface area (Å²) in [5, 5.41) is 14.0. The third kappa shape index (κ3) is 2.73. The Kier molecular flexibility index (Phi) is 3.17. The van der Waals surface area contributed by atoms with Crippen molar-refractivity contribution in [3.63, 3.8) is 0 Å². The fraction of sp³-hybridized carbons (Fsp3) is 0.385. The van der Waals surface area contributed by atoms with Gasteiger partial charge in [0.05, 0.1) is 17.7 Å². The maximum Gasteiger partial charge on any atom is 0.161 e. The molecule has 1 aromatic heterocycles. The highest BCUT2D eigenvalue weighted by Gasteiger charge is 2.20. The minimum Gasteiger partial charge on any atom is -0.389 e. The Morgan fingerprint density at radius 2 is 2.00 bits per heavy atom. The van der Waals surface area contributed by atoms with Crippen molar-refractivity contribution in [2.45, 2.75) is 32.9 Å². The van der Waals surface area contributed by atoms with Crippen LogP contribution in [-0.4, -0.2) is 25.5 Å². The number of hydrogen-bond acceptors (Lipinski definition) is 3. The topological polar surface area (TPSA) is 50.9 Å². The summed E-state index contributed by atoms with van der Waals surface area (Å²) in [6.45, 7) is 5.35. The molecule has 1 aromatic carbocycles. The largest absolute Gasteiger partial charge is 0.389 e. The van der Waals surface area contributed by atoms with Crippen molar-refractivity contribution in [3.8, 4) is 11.4 Å². The van der Waals surface area contributed by atoms with Gasteiger partial charge in [-0.2, -0.15) is 5.10 Å². The fourth-order valence-corrected chi connectivity index (χ4v) is 1.77. The number of aromatic nitrogens is 3. The van der Waals surface area contributed by atoms with Crippen LogP contribution >= 0.6 is 0 Å². The highest BCUT2D eigenvalue weighted by atomic mass is 19.1. The third-order valence-electron chi connectivity index (χ3n) is 2.43. The molecule has 0 aliphatic carbocycles. The maximum absolute atomic E-state index is 13.8. The molecule has 2 rings (SSSR count). The number of hydrogen-bond donors (Lipinski definition) is 1. The number of rotatable bonds is 3. The Labute approximate surface area is 105 Å². The van der Waals surface area contributed by atoms with Crippen molar-refractivity contribution >= 4 is 0 Å². The predicted octanol–water partition coefficient (Wildman–Crippen LogP) is 2.16. The summed E-state index contributed by atoms with van der Waals surface area (Å²) in [6, 6.07) is 6.41. The quantitative estimate of drug-likeness (QED) is 0.907. The van der Waals surface area contributed by atoms with Gasteiger partial charge in [-0.15, -0.1) is 0 Å². The molecule has 0 saturated heterocycles. The first kappa shape index (κ1) is 12.7. The summed E-state index contributed by atoms with van der Waals surface area (Å²) in [5.74, 6) is 0.645. The van der Waals surface area contributed by atoms with Crippen LogP contribution < -0.4 is 0 Å². The van der Waals surface area contributed by atoms with Crippen LogP contribution in [0.25, 0.3) is 11.4 Å². The van der Waals surface area contributed by atoms with Gasteiger partial charge < -0.3 is 5.11 Å². The lowest BCUT2D eigenvalue weighted by molar-refractivity contribution is 0.0581. The molecule has 0 atom stereocenters. The molecule has 0 amide bonds. The second kappa shape index (κ2) is 4.49. The fourth-order valence-electron chi connectivity index (χ4n) is 1.77. The highest BCUT2D eigenvalue weighted by molar-refractivity contribution is 5.55. The average Bonchev–Trinajstić information content (AvgIpc) is 2.57. The molecule has 0 radical (unpaired) electrons. The highest BCUT2D eigenvalue weighted by Crippen LogP contribution is 2.22. The number of halogens is 1. The van der Waals surface area contributed by atoms with Gasteiger partial charge in [0.15, 0.2) is 5.82 Å². The molecule has 0 aliphatic rings. The van der Waals surface area contributed by atoms with Crippen LogP contribution in [0.1, 0.15) is 19.7 Å². The number of aryl methyl sites for hydroxylation is 1. The van der Waals surface area contributed by atoms with Gasteiger partial charge in [-0.3, -0.25) is 0 Å². The Bertz CT molecular complexity index is 558. The van der Waals surface area contributed by atoms with Crippen LogP contribution in [0.5, 0.6) is 0 Å². The average molecular weight is 249 g/mol. The van der Waals surface area contributed by atoms with Crippen LogP contribution in [0.15, 0.2) is 24.3 Å². The molecule has 0 unspecified atom stereocenters. The molecular weight excluding hydrogens is 233 g/mol. The SMILES string of the molecule is Cc1nc(-c2ccccc2F)n(CC(C)(C)O)n1. The second-order valence-electron chi connectivity index (χ2n) is 4.93. The molecule has 1 N–H and O–H groups in total. The molecule has 4 nitrogen and oxygen atoms in total. The van der Waals surface area contributed by atoms with E-state index in [0.29, 0.717) is 17.2 Å². The van der Waals surface area contributed by atoms with Crippen LogP contribution in [-0.2, 0) is 6.54 Å². The Balaban J connectivity index is 2.48. The summed E-state index contributed by atoms with van der Waals surface area (Å²) >= 11 is 0. The molecule has 2 aromatic rings. The minimum atomic E-state index is -0.930. The van der Waals surface area contributed by atoms with Crippen LogP contribution in [0.4, 0.5) is 4.39 Å². The van der Waals surface area contributed by atoms with Gasteiger partial charge in [0.1, 0.15) is 11.6 Å². The molecule has 1 heterocycles. The molecule has 0 fully saturated rings. The first-order valence-corrected chi connectivity index (χ1v) is 5.75. The van der Waals surface area contributed by atoms with E-state index in [-0.39, 0.29) is 12.4 Å². The van der Waals surface area contributed by atoms with E-state index < -0.39 is 5.60 Å². The van der Waals surface area contributed by atoms with Crippen molar-refractivity contribution in [1.29, 1.82) is 0 Å². The second-order valence-corrected chi connectivity index (χ2v) is 4.93. The molecule has 0 spiro atoms. The maximum atomic E-state index is 13.8. The summed E-state index contributed by atoms with van der Waals surface area (Å²) < 4.78 is 15.3. The summed E-state index contributed by atoms with van der Waals surface area (Å²) in [6.07, 6.45) is 0. The lowest BCUT2D eigenvalue weighted by atomic mass is 10.1. The van der Waals surface area contributed by atoms with Crippen LogP contribution in [0, 0.1) is 12.7 Å². The van der Waals surface area contributed by atoms with Gasteiger partial charge in [0.25, 0.3) is 0 Å². The van der Waals surface area contributed by atoms with E-state index in [2.05, 4.69) is 10.1 Å². The van der Waals surface area contributed by atoms with Crippen molar-refractivity contribution < 1.29 is 9.50 Å². The van der Waals surface area contributed by atoms with E-state index in [9.17, 15) is 9.50 Å². The Hall–Kier alpha value is -1.75. The standard InChI is InChI=1S/C13H16FN3O/c1-9-15-12(10-6-4-5-7-11(10)14)17(16-9)8-13(2,3)18/h4-7,18H,8H2,1-3H3. The summed E-state index contributed by atoms with van der Waals surface area (Å²) in [5.41, 5.74) is -0.539. The number of aliphatic hydroxyl groups is 1. The number of nitrogens with zero attached hydrogens (tertiary/aromatic N) is 3. The first-order valence-electron chi connectivity index (χ1n) is 5.75. The van der Waals surface area contributed by atoms with Crippen molar-refractivity contribution in [3.05, 3.63) is 35.9 Å². The van der Waals surface area contributed by atoms with Crippen molar-refractivity contribution in [2.24, 2.45) is 0 Å². The van der Waals surface area contributed by atoms with Gasteiger partial charge >= 0.3 is 0 Å². The van der Waals surface area contributed by atoms with Crippen molar-refractivity contribution in [2.75, 3.05) is 0 Å². The van der Waals surface area contributed by atoms with E-state index in [1.165, 1.54) is 10.7 Å². The molecule has 5 heteroatoms. The zero-order valence-corrected chi connectivity index (χ0v) is 10.7.